The molecule has 2 unspecified atom stereocenters. The van der Waals surface area contributed by atoms with E-state index in [1.54, 1.807) is 0 Å². The van der Waals surface area contributed by atoms with Crippen LogP contribution in [-0.4, -0.2) is 84.1 Å². The summed E-state index contributed by atoms with van der Waals surface area (Å²) >= 11 is 0. The lowest BCUT2D eigenvalue weighted by molar-refractivity contribution is -0.146. The number of nitrogens with one attached hydrogen (secondary N) is 1. The fraction of sp³-hybridized carbons (Fsp3) is 0.524. The smallest absolute Gasteiger partial charge is 0.298 e. The Labute approximate surface area is 191 Å². The summed E-state index contributed by atoms with van der Waals surface area (Å²) in [5.41, 5.74) is 0.614. The van der Waals surface area contributed by atoms with Gasteiger partial charge in [-0.25, -0.2) is 9.38 Å². The third-order valence-electron chi connectivity index (χ3n) is 6.17. The summed E-state index contributed by atoms with van der Waals surface area (Å²) < 4.78 is 41.6. The van der Waals surface area contributed by atoms with Crippen LogP contribution in [0.2, 0.25) is 0 Å². The topological polar surface area (TPSA) is 119 Å². The van der Waals surface area contributed by atoms with E-state index in [1.807, 2.05) is 0 Å². The predicted molar refractivity (Wildman–Crippen MR) is 117 cm³/mol. The number of fused-ring (bicyclic) bond motifs is 1. The second-order valence-electron chi connectivity index (χ2n) is 8.36. The first-order valence-corrected chi connectivity index (χ1v) is 12.3. The number of amidine groups is 1. The normalized spacial score (nSPS) is 26.4. The van der Waals surface area contributed by atoms with Crippen molar-refractivity contribution in [2.24, 2.45) is 4.99 Å². The van der Waals surface area contributed by atoms with E-state index in [9.17, 15) is 27.2 Å². The maximum Gasteiger partial charge on any atom is 0.298 e. The summed E-state index contributed by atoms with van der Waals surface area (Å²) in [6, 6.07) is 3.17. The molecule has 2 atom stereocenters. The summed E-state index contributed by atoms with van der Waals surface area (Å²) in [7, 11) is -2.26. The van der Waals surface area contributed by atoms with Crippen molar-refractivity contribution in [3.8, 4) is 0 Å². The predicted octanol–water partition coefficient (Wildman–Crippen LogP) is 0.0551. The van der Waals surface area contributed by atoms with Gasteiger partial charge >= 0.3 is 0 Å². The van der Waals surface area contributed by atoms with Crippen molar-refractivity contribution in [2.75, 3.05) is 26.7 Å². The van der Waals surface area contributed by atoms with Crippen LogP contribution < -0.4 is 5.32 Å². The Bertz CT molecular complexity index is 1090. The number of amides is 2. The fourth-order valence-corrected chi connectivity index (χ4v) is 5.95. The fourth-order valence-electron chi connectivity index (χ4n) is 4.35. The number of hydrogen-bond acceptors (Lipinski definition) is 6. The molecule has 0 aliphatic carbocycles. The molecule has 3 aliphatic heterocycles. The van der Waals surface area contributed by atoms with Crippen molar-refractivity contribution in [1.82, 2.24) is 18.8 Å². The van der Waals surface area contributed by atoms with Crippen molar-refractivity contribution in [3.63, 3.8) is 0 Å². The lowest BCUT2D eigenvalue weighted by Gasteiger charge is -2.40. The van der Waals surface area contributed by atoms with Crippen LogP contribution >= 0.6 is 0 Å². The van der Waals surface area contributed by atoms with Crippen LogP contribution in [0, 0.1) is 5.82 Å². The van der Waals surface area contributed by atoms with Crippen LogP contribution in [0.25, 0.3) is 0 Å². The quantitative estimate of drug-likeness (QED) is 0.484. The van der Waals surface area contributed by atoms with Crippen molar-refractivity contribution < 1.29 is 27.2 Å². The highest BCUT2D eigenvalue weighted by molar-refractivity contribution is 7.86. The molecule has 0 aromatic heterocycles. The van der Waals surface area contributed by atoms with E-state index in [1.165, 1.54) is 44.8 Å². The second kappa shape index (κ2) is 9.27. The van der Waals surface area contributed by atoms with Gasteiger partial charge in [0.25, 0.3) is 27.8 Å². The van der Waals surface area contributed by atoms with Crippen molar-refractivity contribution in [2.45, 2.75) is 44.3 Å². The molecule has 0 radical (unpaired) electrons. The van der Waals surface area contributed by atoms with Crippen LogP contribution in [0.5, 0.6) is 0 Å². The molecule has 0 saturated carbocycles. The molecular formula is C21H26FN5O5S. The summed E-state index contributed by atoms with van der Waals surface area (Å²) in [6.45, 7) is 0.940. The van der Waals surface area contributed by atoms with Gasteiger partial charge in [-0.3, -0.25) is 19.3 Å². The van der Waals surface area contributed by atoms with Gasteiger partial charge in [0.05, 0.1) is 6.04 Å². The number of nitrogens with zero attached hydrogens (tertiary/aromatic N) is 4. The minimum Gasteiger partial charge on any atom is -0.350 e. The van der Waals surface area contributed by atoms with Gasteiger partial charge in [-0.15, -0.1) is 0 Å². The first kappa shape index (κ1) is 23.5. The first-order valence-electron chi connectivity index (χ1n) is 10.9. The Morgan fingerprint density at radius 3 is 2.58 bits per heavy atom. The number of carbonyl (C=O) groups is 3. The van der Waals surface area contributed by atoms with E-state index in [2.05, 4.69) is 10.3 Å². The Morgan fingerprint density at radius 2 is 1.85 bits per heavy atom. The monoisotopic (exact) mass is 479 g/mol. The molecule has 2 saturated heterocycles. The molecule has 3 aliphatic rings. The van der Waals surface area contributed by atoms with Crippen LogP contribution in [0.3, 0.4) is 0 Å². The van der Waals surface area contributed by atoms with E-state index in [-0.39, 0.29) is 25.5 Å². The zero-order valence-corrected chi connectivity index (χ0v) is 19.1. The Kier molecular flexibility index (Phi) is 6.59. The lowest BCUT2D eigenvalue weighted by Crippen LogP contribution is -2.61. The third-order valence-corrected chi connectivity index (χ3v) is 8.17. The van der Waals surface area contributed by atoms with E-state index >= 15 is 0 Å². The van der Waals surface area contributed by atoms with Gasteiger partial charge in [0.15, 0.2) is 6.04 Å². The van der Waals surface area contributed by atoms with Gasteiger partial charge in [-0.05, 0) is 43.4 Å². The lowest BCUT2D eigenvalue weighted by atomic mass is 10.0. The van der Waals surface area contributed by atoms with Crippen LogP contribution in [-0.2, 0) is 31.1 Å². The van der Waals surface area contributed by atoms with Crippen LogP contribution in [0.4, 0.5) is 4.39 Å². The van der Waals surface area contributed by atoms with Crippen molar-refractivity contribution in [1.29, 1.82) is 0 Å². The summed E-state index contributed by atoms with van der Waals surface area (Å²) in [5, 5.41) is 2.57. The molecule has 10 nitrogen and oxygen atoms in total. The number of benzene rings is 1. The standard InChI is InChI=1S/C21H26FN5O5S/c1-25-10-4-12-27(33(25,31)32)16-5-2-3-11-26-19(16)24-17(18(28)21(26)30)20(29)23-13-14-6-8-15(22)9-7-14/h6-9,16-17H,2-5,10-13H2,1H3,(H,23,29). The summed E-state index contributed by atoms with van der Waals surface area (Å²) in [6.07, 6.45) is 2.31. The van der Waals surface area contributed by atoms with Gasteiger partial charge in [0, 0.05) is 33.2 Å². The van der Waals surface area contributed by atoms with Gasteiger partial charge in [-0.1, -0.05) is 12.1 Å². The number of hydrogen-bond donors (Lipinski definition) is 1. The summed E-state index contributed by atoms with van der Waals surface area (Å²) in [4.78, 5) is 44.0. The van der Waals surface area contributed by atoms with Gasteiger partial charge in [0.1, 0.15) is 11.7 Å². The minimum atomic E-state index is -3.76. The zero-order valence-electron chi connectivity index (χ0n) is 18.2. The van der Waals surface area contributed by atoms with Crippen LogP contribution in [0.15, 0.2) is 29.3 Å². The number of ketones is 1. The Balaban J connectivity index is 1.62. The summed E-state index contributed by atoms with van der Waals surface area (Å²) in [5.74, 6) is -2.82. The molecule has 12 heteroatoms. The van der Waals surface area contributed by atoms with E-state index in [4.69, 9.17) is 0 Å². The molecule has 2 fully saturated rings. The Morgan fingerprint density at radius 1 is 1.12 bits per heavy atom. The minimum absolute atomic E-state index is 0.0282. The SMILES string of the molecule is CN1CCCN(C2CCCCN3C(=O)C(=O)C(C(=O)NCc4ccc(F)cc4)N=C23)S1(=O)=O. The highest BCUT2D eigenvalue weighted by atomic mass is 32.2. The number of carbonyl (C=O) groups excluding carboxylic acids is 3. The molecule has 33 heavy (non-hydrogen) atoms. The maximum atomic E-state index is 13.1. The number of Topliss-reactive ketones (excluding diaryl/α,β-unsaturated/α-hetero) is 1. The van der Waals surface area contributed by atoms with E-state index in [0.717, 1.165) is 0 Å². The van der Waals surface area contributed by atoms with Gasteiger partial charge in [0.2, 0.25) is 0 Å². The molecular weight excluding hydrogens is 453 g/mol. The number of rotatable bonds is 4. The largest absolute Gasteiger partial charge is 0.350 e. The highest BCUT2D eigenvalue weighted by Crippen LogP contribution is 2.27. The highest BCUT2D eigenvalue weighted by Gasteiger charge is 2.47. The zero-order chi connectivity index (χ0) is 23.8. The average Bonchev–Trinajstić information content (AvgIpc) is 3.00. The van der Waals surface area contributed by atoms with Crippen molar-refractivity contribution in [3.05, 3.63) is 35.6 Å². The molecule has 1 aromatic rings. The molecule has 2 amide bonds. The maximum absolute atomic E-state index is 13.1. The van der Waals surface area contributed by atoms with Gasteiger partial charge in [-0.2, -0.15) is 17.0 Å². The number of aliphatic imine (C=N–C) groups is 1. The molecule has 0 spiro atoms. The average molecular weight is 480 g/mol. The molecule has 3 heterocycles. The van der Waals surface area contributed by atoms with Crippen molar-refractivity contribution >= 4 is 33.6 Å². The molecule has 4 rings (SSSR count). The Hall–Kier alpha value is -2.70. The third kappa shape index (κ3) is 4.55. The first-order chi connectivity index (χ1) is 15.7. The van der Waals surface area contributed by atoms with E-state index in [0.29, 0.717) is 37.8 Å². The molecule has 178 valence electrons. The van der Waals surface area contributed by atoms with Crippen LogP contribution in [0.1, 0.15) is 31.2 Å². The van der Waals surface area contributed by atoms with Gasteiger partial charge < -0.3 is 5.32 Å². The number of halogens is 1. The second-order valence-corrected chi connectivity index (χ2v) is 10.3. The molecule has 1 N–H and O–H groups in total. The molecule has 0 bridgehead atoms. The molecule has 1 aromatic carbocycles. The van der Waals surface area contributed by atoms with E-state index < -0.39 is 45.7 Å².